The molecule has 0 N–H and O–H groups in total. The van der Waals surface area contributed by atoms with Crippen LogP contribution in [0.3, 0.4) is 0 Å². The molecule has 0 aromatic rings. The predicted molar refractivity (Wildman–Crippen MR) is 105 cm³/mol. The van der Waals surface area contributed by atoms with Gasteiger partial charge < -0.3 is 0 Å². The molecule has 1 aliphatic heterocycles. The Hall–Kier alpha value is 3.47. The minimum absolute atomic E-state index is 1.49. The summed E-state index contributed by atoms with van der Waals surface area (Å²) in [6, 6.07) is 0. The van der Waals surface area contributed by atoms with E-state index in [0.717, 1.165) is 0 Å². The van der Waals surface area contributed by atoms with Gasteiger partial charge in [0, 0.05) is 0 Å². The molecule has 0 radical (unpaired) electrons. The highest BCUT2D eigenvalue weighted by atomic mass is 35.9. The maximum atomic E-state index is 6.24. The molecule has 20 heavy (non-hydrogen) atoms. The van der Waals surface area contributed by atoms with E-state index in [2.05, 4.69) is 22.6 Å². The molecule has 5 nitrogen and oxygen atoms in total. The Morgan fingerprint density at radius 1 is 0.700 bits per heavy atom. The molecule has 1 rings (SSSR count). The number of nitrogens with zero attached hydrogens (tertiary/aromatic N) is 5. The summed E-state index contributed by atoms with van der Waals surface area (Å²) in [4.78, 5) is 0. The Balaban J connectivity index is 3.75. The molecular weight excluding hydrogens is 533 g/mol. The van der Waals surface area contributed by atoms with Crippen LogP contribution in [-0.4, -0.2) is 13.3 Å². The molecule has 0 amide bonds. The van der Waals surface area contributed by atoms with E-state index in [1.54, 1.807) is 0 Å². The second-order valence-corrected chi connectivity index (χ2v) is 27.9. The number of hydrogen-bond acceptors (Lipinski definition) is 5. The highest BCUT2D eigenvalue weighted by Gasteiger charge is 2.35. The predicted octanol–water partition coefficient (Wildman–Crippen LogP) is 11.1. The summed E-state index contributed by atoms with van der Waals surface area (Å²) in [5, 5.41) is 0. The first-order valence-electron chi connectivity index (χ1n) is 4.25. The number of halogens is 8. The third-order valence-electron chi connectivity index (χ3n) is 1.21. The van der Waals surface area contributed by atoms with Gasteiger partial charge in [-0.1, -0.05) is 45.0 Å². The lowest BCUT2D eigenvalue weighted by molar-refractivity contribution is 1.66. The minimum Gasteiger partial charge on any atom is -0.199 e. The molecule has 0 bridgehead atoms. The minimum atomic E-state index is -3.27. The third-order valence-corrected chi connectivity index (χ3v) is 19.4. The summed E-state index contributed by atoms with van der Waals surface area (Å²) in [7, 11) is 0. The summed E-state index contributed by atoms with van der Waals surface area (Å²) in [5.74, 6) is -8.59. The summed E-state index contributed by atoms with van der Waals surface area (Å²) < 4.78 is 20.0. The van der Waals surface area contributed by atoms with Crippen molar-refractivity contribution in [2.24, 2.45) is 22.6 Å². The zero-order chi connectivity index (χ0) is 16.0. The zero-order valence-corrected chi connectivity index (χ0v) is 20.0. The first kappa shape index (κ1) is 21.5. The van der Waals surface area contributed by atoms with Gasteiger partial charge in [0.1, 0.15) is 11.5 Å². The third kappa shape index (κ3) is 8.03. The summed E-state index contributed by atoms with van der Waals surface area (Å²) in [6.45, 7) is -3.55. The maximum absolute atomic E-state index is 6.24. The van der Waals surface area contributed by atoms with Crippen molar-refractivity contribution < 1.29 is 0 Å². The fraction of sp³-hybridized carbons (Fsp3) is 1.00. The fourth-order valence-corrected chi connectivity index (χ4v) is 26.2. The Bertz CT molecular complexity index is 640. The van der Waals surface area contributed by atoms with Gasteiger partial charge in [0.05, 0.1) is 0 Å². The van der Waals surface area contributed by atoms with Crippen LogP contribution in [0.2, 0.25) is 0 Å². The van der Waals surface area contributed by atoms with Crippen molar-refractivity contribution in [1.29, 1.82) is 0 Å². The van der Waals surface area contributed by atoms with Crippen molar-refractivity contribution in [2.45, 2.75) is 0 Å². The standard InChI is InChI=1S/C2H6Cl8N5P5/c1-16(3,4)11-19(9)13-18(7,8)14-20(10,15-19)12-17(2,5)6/h1-2H3/t19-,20-/m1/s1. The molecule has 120 valence electrons. The quantitative estimate of drug-likeness (QED) is 0.314. The topological polar surface area (TPSA) is 61.8 Å². The largest absolute Gasteiger partial charge is 0.284 e. The van der Waals surface area contributed by atoms with E-state index in [-0.39, 0.29) is 0 Å². The van der Waals surface area contributed by atoms with Gasteiger partial charge >= 0.3 is 0 Å². The average molecular weight is 539 g/mol. The van der Waals surface area contributed by atoms with E-state index in [9.17, 15) is 0 Å². The van der Waals surface area contributed by atoms with Crippen molar-refractivity contribution in [1.82, 2.24) is 0 Å². The molecule has 18 heteroatoms. The van der Waals surface area contributed by atoms with E-state index in [1.165, 1.54) is 13.3 Å². The van der Waals surface area contributed by atoms with E-state index in [0.29, 0.717) is 0 Å². The van der Waals surface area contributed by atoms with Gasteiger partial charge in [0.2, 0.25) is 0 Å². The van der Waals surface area contributed by atoms with Crippen molar-refractivity contribution in [3.05, 3.63) is 0 Å². The summed E-state index contributed by atoms with van der Waals surface area (Å²) >= 11 is 48.1. The number of rotatable bonds is 2. The van der Waals surface area contributed by atoms with Crippen LogP contribution in [0.4, 0.5) is 0 Å². The van der Waals surface area contributed by atoms with Gasteiger partial charge in [-0.15, -0.1) is 0 Å². The van der Waals surface area contributed by atoms with Crippen molar-refractivity contribution in [2.75, 3.05) is 13.3 Å². The molecule has 1 aliphatic rings. The Morgan fingerprint density at radius 3 is 1.40 bits per heavy atom. The van der Waals surface area contributed by atoms with Gasteiger partial charge in [0.15, 0.2) is 0 Å². The molecular formula is C2H6Cl8N5P5. The highest BCUT2D eigenvalue weighted by Crippen LogP contribution is 2.89. The zero-order valence-electron chi connectivity index (χ0n) is 9.50. The van der Waals surface area contributed by atoms with Crippen molar-refractivity contribution >= 4 is 121 Å². The first-order chi connectivity index (χ1) is 8.54. The smallest absolute Gasteiger partial charge is 0.199 e. The van der Waals surface area contributed by atoms with Gasteiger partial charge in [0.25, 0.3) is 19.3 Å². The van der Waals surface area contributed by atoms with E-state index in [4.69, 9.17) is 89.9 Å². The Morgan fingerprint density at radius 2 is 1.05 bits per heavy atom. The molecule has 0 spiro atoms. The summed E-state index contributed by atoms with van der Waals surface area (Å²) in [5.41, 5.74) is 0. The van der Waals surface area contributed by atoms with E-state index >= 15 is 0 Å². The van der Waals surface area contributed by atoms with Gasteiger partial charge in [-0.05, 0) is 58.3 Å². The van der Waals surface area contributed by atoms with Gasteiger partial charge in [-0.3, -0.25) is 0 Å². The summed E-state index contributed by atoms with van der Waals surface area (Å²) in [6.07, 6.45) is 0. The monoisotopic (exact) mass is 535 g/mol. The average Bonchev–Trinajstić information content (AvgIpc) is 1.83. The van der Waals surface area contributed by atoms with Crippen LogP contribution >= 0.6 is 121 Å². The molecule has 2 atom stereocenters. The lowest BCUT2D eigenvalue weighted by atomic mass is 12.0. The SMILES string of the molecule is CP(Cl)(Cl)=N[P@]1(Cl)=NP(Cl)(Cl)=N[P@@](Cl)(N=P(C)(Cl)Cl)=N1. The molecule has 0 fully saturated rings. The lowest BCUT2D eigenvalue weighted by Gasteiger charge is -2.21. The molecule has 1 heterocycles. The van der Waals surface area contributed by atoms with Crippen LogP contribution in [0, 0.1) is 0 Å². The second kappa shape index (κ2) is 7.00. The van der Waals surface area contributed by atoms with Gasteiger partial charge in [-0.2, -0.15) is 22.6 Å². The fourth-order valence-electron chi connectivity index (χ4n) is 0.944. The molecule has 0 aliphatic carbocycles. The second-order valence-electron chi connectivity index (χ2n) is 3.40. The molecule has 0 saturated carbocycles. The van der Waals surface area contributed by atoms with Crippen LogP contribution < -0.4 is 0 Å². The van der Waals surface area contributed by atoms with Gasteiger partial charge in [-0.25, -0.2) is 0 Å². The molecule has 0 aromatic heterocycles. The normalized spacial score (nSPS) is 33.5. The van der Waals surface area contributed by atoms with Crippen LogP contribution in [0.1, 0.15) is 0 Å². The molecule has 0 unspecified atom stereocenters. The lowest BCUT2D eigenvalue weighted by Crippen LogP contribution is -1.71. The van der Waals surface area contributed by atoms with E-state index < -0.39 is 30.8 Å². The Kier molecular flexibility index (Phi) is 7.53. The first-order valence-corrected chi connectivity index (χ1v) is 20.9. The van der Waals surface area contributed by atoms with Crippen LogP contribution in [0.15, 0.2) is 22.6 Å². The number of hydrogen-bond donors (Lipinski definition) is 0. The van der Waals surface area contributed by atoms with Crippen molar-refractivity contribution in [3.63, 3.8) is 0 Å². The molecule has 0 aromatic carbocycles. The van der Waals surface area contributed by atoms with Crippen LogP contribution in [-0.2, 0) is 0 Å². The maximum Gasteiger partial charge on any atom is 0.284 e. The molecule has 0 saturated heterocycles. The van der Waals surface area contributed by atoms with Crippen LogP contribution in [0.25, 0.3) is 0 Å². The van der Waals surface area contributed by atoms with Crippen molar-refractivity contribution in [3.8, 4) is 0 Å². The highest BCUT2D eigenvalue weighted by molar-refractivity contribution is 8.21. The van der Waals surface area contributed by atoms with Crippen LogP contribution in [0.5, 0.6) is 0 Å². The Labute approximate surface area is 155 Å². The van der Waals surface area contributed by atoms with E-state index in [1.807, 2.05) is 0 Å².